The SMILES string of the molecule is CN(C)CCCNC(=O)N1CCOCC1C(=O)O. The van der Waals surface area contributed by atoms with Crippen molar-refractivity contribution in [2.24, 2.45) is 0 Å². The third-order valence-electron chi connectivity index (χ3n) is 2.73. The minimum Gasteiger partial charge on any atom is -0.480 e. The number of carboxylic acid groups (broad SMARTS) is 1. The van der Waals surface area contributed by atoms with Crippen LogP contribution in [0.2, 0.25) is 0 Å². The van der Waals surface area contributed by atoms with E-state index in [0.29, 0.717) is 19.7 Å². The van der Waals surface area contributed by atoms with E-state index >= 15 is 0 Å². The maximum absolute atomic E-state index is 11.8. The summed E-state index contributed by atoms with van der Waals surface area (Å²) >= 11 is 0. The van der Waals surface area contributed by atoms with Crippen LogP contribution in [0.3, 0.4) is 0 Å². The fourth-order valence-electron chi connectivity index (χ4n) is 1.74. The minimum atomic E-state index is -1.03. The van der Waals surface area contributed by atoms with Crippen molar-refractivity contribution < 1.29 is 19.4 Å². The van der Waals surface area contributed by atoms with E-state index in [1.807, 2.05) is 19.0 Å². The van der Waals surface area contributed by atoms with Crippen LogP contribution < -0.4 is 5.32 Å². The second kappa shape index (κ2) is 7.17. The van der Waals surface area contributed by atoms with Crippen LogP contribution >= 0.6 is 0 Å². The van der Waals surface area contributed by atoms with Crippen molar-refractivity contribution in [3.63, 3.8) is 0 Å². The number of urea groups is 1. The summed E-state index contributed by atoms with van der Waals surface area (Å²) in [4.78, 5) is 26.2. The average Bonchev–Trinajstić information content (AvgIpc) is 2.34. The Bertz CT molecular complexity index is 296. The molecule has 1 rings (SSSR count). The van der Waals surface area contributed by atoms with Crippen molar-refractivity contribution >= 4 is 12.0 Å². The molecule has 2 N–H and O–H groups in total. The van der Waals surface area contributed by atoms with Gasteiger partial charge in [0.15, 0.2) is 6.04 Å². The van der Waals surface area contributed by atoms with Gasteiger partial charge < -0.3 is 25.0 Å². The number of carbonyl (C=O) groups excluding carboxylic acids is 1. The monoisotopic (exact) mass is 259 g/mol. The number of aliphatic carboxylic acids is 1. The van der Waals surface area contributed by atoms with Crippen molar-refractivity contribution in [3.05, 3.63) is 0 Å². The Morgan fingerprint density at radius 3 is 2.83 bits per heavy atom. The van der Waals surface area contributed by atoms with Gasteiger partial charge in [-0.05, 0) is 27.1 Å². The third kappa shape index (κ3) is 4.50. The Balaban J connectivity index is 2.36. The lowest BCUT2D eigenvalue weighted by Crippen LogP contribution is -2.55. The van der Waals surface area contributed by atoms with Gasteiger partial charge in [0.25, 0.3) is 0 Å². The molecule has 1 aliphatic heterocycles. The van der Waals surface area contributed by atoms with Gasteiger partial charge in [0.2, 0.25) is 0 Å². The largest absolute Gasteiger partial charge is 0.480 e. The van der Waals surface area contributed by atoms with E-state index < -0.39 is 12.0 Å². The molecule has 0 aromatic carbocycles. The molecular weight excluding hydrogens is 238 g/mol. The zero-order chi connectivity index (χ0) is 13.5. The first-order valence-corrected chi connectivity index (χ1v) is 6.02. The van der Waals surface area contributed by atoms with Crippen LogP contribution in [0.1, 0.15) is 6.42 Å². The number of nitrogens with one attached hydrogen (secondary N) is 1. The molecule has 0 aromatic heterocycles. The third-order valence-corrected chi connectivity index (χ3v) is 2.73. The van der Waals surface area contributed by atoms with Crippen molar-refractivity contribution in [1.29, 1.82) is 0 Å². The molecule has 0 aliphatic carbocycles. The summed E-state index contributed by atoms with van der Waals surface area (Å²) in [7, 11) is 3.93. The summed E-state index contributed by atoms with van der Waals surface area (Å²) in [6.45, 7) is 2.18. The molecule has 1 fully saturated rings. The number of carboxylic acids is 1. The lowest BCUT2D eigenvalue weighted by molar-refractivity contribution is -0.147. The molecule has 1 heterocycles. The van der Waals surface area contributed by atoms with Gasteiger partial charge in [-0.25, -0.2) is 9.59 Å². The van der Waals surface area contributed by atoms with E-state index in [1.54, 1.807) is 0 Å². The highest BCUT2D eigenvalue weighted by Crippen LogP contribution is 2.07. The number of hydrogen-bond acceptors (Lipinski definition) is 4. The van der Waals surface area contributed by atoms with Gasteiger partial charge in [0.1, 0.15) is 0 Å². The van der Waals surface area contributed by atoms with Gasteiger partial charge >= 0.3 is 12.0 Å². The Kier molecular flexibility index (Phi) is 5.87. The molecule has 2 amide bonds. The number of nitrogens with zero attached hydrogens (tertiary/aromatic N) is 2. The maximum atomic E-state index is 11.8. The van der Waals surface area contributed by atoms with Crippen molar-refractivity contribution in [2.45, 2.75) is 12.5 Å². The lowest BCUT2D eigenvalue weighted by Gasteiger charge is -2.32. The van der Waals surface area contributed by atoms with E-state index in [0.717, 1.165) is 13.0 Å². The molecular formula is C11H21N3O4. The molecule has 0 bridgehead atoms. The van der Waals surface area contributed by atoms with Gasteiger partial charge in [-0.2, -0.15) is 0 Å². The number of hydrogen-bond donors (Lipinski definition) is 2. The van der Waals surface area contributed by atoms with Gasteiger partial charge in [0, 0.05) is 13.1 Å². The molecule has 0 radical (unpaired) electrons. The van der Waals surface area contributed by atoms with Crippen LogP contribution in [0.5, 0.6) is 0 Å². The number of amides is 2. The first-order valence-electron chi connectivity index (χ1n) is 6.02. The summed E-state index contributed by atoms with van der Waals surface area (Å²) in [6, 6.07) is -1.21. The zero-order valence-corrected chi connectivity index (χ0v) is 10.9. The fraction of sp³-hybridized carbons (Fsp3) is 0.818. The van der Waals surface area contributed by atoms with Crippen LogP contribution in [-0.4, -0.2) is 79.9 Å². The predicted octanol–water partition coefficient (Wildman–Crippen LogP) is -0.567. The van der Waals surface area contributed by atoms with Crippen LogP contribution in [0.15, 0.2) is 0 Å². The molecule has 1 aliphatic rings. The van der Waals surface area contributed by atoms with Crippen molar-refractivity contribution in [2.75, 3.05) is 46.9 Å². The van der Waals surface area contributed by atoms with Gasteiger partial charge in [0.05, 0.1) is 13.2 Å². The summed E-state index contributed by atoms with van der Waals surface area (Å²) in [5, 5.41) is 11.7. The number of carbonyl (C=O) groups is 2. The van der Waals surface area contributed by atoms with Crippen molar-refractivity contribution in [1.82, 2.24) is 15.1 Å². The second-order valence-corrected chi connectivity index (χ2v) is 4.51. The molecule has 7 heteroatoms. The summed E-state index contributed by atoms with van der Waals surface area (Å²) < 4.78 is 5.07. The summed E-state index contributed by atoms with van der Waals surface area (Å²) in [5.74, 6) is -1.03. The topological polar surface area (TPSA) is 82.1 Å². The highest BCUT2D eigenvalue weighted by molar-refractivity contribution is 5.82. The quantitative estimate of drug-likeness (QED) is 0.646. The normalized spacial score (nSPS) is 19.9. The van der Waals surface area contributed by atoms with Gasteiger partial charge in [-0.3, -0.25) is 0 Å². The highest BCUT2D eigenvalue weighted by atomic mass is 16.5. The molecule has 104 valence electrons. The number of morpholine rings is 1. The maximum Gasteiger partial charge on any atom is 0.328 e. The lowest BCUT2D eigenvalue weighted by atomic mass is 10.2. The standard InChI is InChI=1S/C11H21N3O4/c1-13(2)5-3-4-12-11(17)14-6-7-18-8-9(14)10(15)16/h9H,3-8H2,1-2H3,(H,12,17)(H,15,16). The molecule has 7 nitrogen and oxygen atoms in total. The molecule has 18 heavy (non-hydrogen) atoms. The van der Waals surface area contributed by atoms with E-state index in [4.69, 9.17) is 9.84 Å². The molecule has 0 spiro atoms. The van der Waals surface area contributed by atoms with E-state index in [2.05, 4.69) is 5.32 Å². The van der Waals surface area contributed by atoms with Crippen LogP contribution in [0.4, 0.5) is 4.79 Å². The highest BCUT2D eigenvalue weighted by Gasteiger charge is 2.32. The Morgan fingerprint density at radius 2 is 2.22 bits per heavy atom. The molecule has 0 aromatic rings. The Hall–Kier alpha value is -1.34. The first-order chi connectivity index (χ1) is 8.52. The Morgan fingerprint density at radius 1 is 1.50 bits per heavy atom. The Labute approximate surface area is 107 Å². The fourth-order valence-corrected chi connectivity index (χ4v) is 1.74. The summed E-state index contributed by atoms with van der Waals surface area (Å²) in [5.41, 5.74) is 0. The van der Waals surface area contributed by atoms with E-state index in [9.17, 15) is 9.59 Å². The zero-order valence-electron chi connectivity index (χ0n) is 10.9. The second-order valence-electron chi connectivity index (χ2n) is 4.51. The van der Waals surface area contributed by atoms with Crippen molar-refractivity contribution in [3.8, 4) is 0 Å². The van der Waals surface area contributed by atoms with Gasteiger partial charge in [-0.15, -0.1) is 0 Å². The molecule has 1 saturated heterocycles. The minimum absolute atomic E-state index is 0.0560. The van der Waals surface area contributed by atoms with Crippen LogP contribution in [0, 0.1) is 0 Å². The van der Waals surface area contributed by atoms with E-state index in [1.165, 1.54) is 4.90 Å². The van der Waals surface area contributed by atoms with Crippen LogP contribution in [-0.2, 0) is 9.53 Å². The average molecular weight is 259 g/mol. The summed E-state index contributed by atoms with van der Waals surface area (Å²) in [6.07, 6.45) is 0.834. The first kappa shape index (κ1) is 14.7. The molecule has 1 unspecified atom stereocenters. The van der Waals surface area contributed by atoms with E-state index in [-0.39, 0.29) is 12.6 Å². The predicted molar refractivity (Wildman–Crippen MR) is 65.5 cm³/mol. The van der Waals surface area contributed by atoms with Crippen LogP contribution in [0.25, 0.3) is 0 Å². The number of ether oxygens (including phenoxy) is 1. The number of rotatable bonds is 5. The smallest absolute Gasteiger partial charge is 0.328 e. The molecule has 0 saturated carbocycles. The molecule has 1 atom stereocenters. The van der Waals surface area contributed by atoms with Gasteiger partial charge in [-0.1, -0.05) is 0 Å².